The van der Waals surface area contributed by atoms with Gasteiger partial charge in [-0.3, -0.25) is 0 Å². The molecular weight excluding hydrogens is 220 g/mol. The Bertz CT molecular complexity index is 440. The van der Waals surface area contributed by atoms with Gasteiger partial charge in [0.25, 0.3) is 0 Å². The van der Waals surface area contributed by atoms with Gasteiger partial charge in [0.2, 0.25) is 0 Å². The lowest BCUT2D eigenvalue weighted by molar-refractivity contribution is 0.0698. The number of anilines is 2. The summed E-state index contributed by atoms with van der Waals surface area (Å²) in [6.07, 6.45) is 0.936. The number of ether oxygens (including phenoxy) is 1. The fourth-order valence-electron chi connectivity index (χ4n) is 1.94. The lowest BCUT2D eigenvalue weighted by Crippen LogP contribution is -2.19. The van der Waals surface area contributed by atoms with Crippen molar-refractivity contribution in [2.45, 2.75) is 19.4 Å². The fraction of sp³-hybridized carbons (Fsp3) is 0.417. The van der Waals surface area contributed by atoms with Crippen molar-refractivity contribution in [3.63, 3.8) is 0 Å². The van der Waals surface area contributed by atoms with Crippen molar-refractivity contribution < 1.29 is 14.6 Å². The number of nitrogens with one attached hydrogen (secondary N) is 1. The first kappa shape index (κ1) is 11.7. The zero-order valence-electron chi connectivity index (χ0n) is 9.69. The molecule has 92 valence electrons. The highest BCUT2D eigenvalue weighted by molar-refractivity contribution is 5.95. The van der Waals surface area contributed by atoms with E-state index < -0.39 is 5.97 Å². The van der Waals surface area contributed by atoms with Gasteiger partial charge in [-0.15, -0.1) is 0 Å². The number of carboxylic acids is 1. The quantitative estimate of drug-likeness (QED) is 0.692. The molecule has 0 amide bonds. The topological polar surface area (TPSA) is 84.6 Å². The van der Waals surface area contributed by atoms with Gasteiger partial charge in [-0.05, 0) is 31.0 Å². The number of carboxylic acid groups (broad SMARTS) is 1. The number of nitrogens with two attached hydrogens (primary N) is 1. The van der Waals surface area contributed by atoms with E-state index in [-0.39, 0.29) is 11.6 Å². The second kappa shape index (κ2) is 4.63. The molecule has 0 aliphatic carbocycles. The van der Waals surface area contributed by atoms with Crippen LogP contribution in [0.2, 0.25) is 0 Å². The van der Waals surface area contributed by atoms with Gasteiger partial charge in [0, 0.05) is 18.0 Å². The minimum Gasteiger partial charge on any atom is -0.478 e. The first-order valence-electron chi connectivity index (χ1n) is 5.55. The van der Waals surface area contributed by atoms with Crippen LogP contribution in [0.4, 0.5) is 11.4 Å². The van der Waals surface area contributed by atoms with Crippen molar-refractivity contribution in [1.82, 2.24) is 0 Å². The maximum Gasteiger partial charge on any atom is 0.337 e. The molecule has 0 spiro atoms. The summed E-state index contributed by atoms with van der Waals surface area (Å²) in [5.41, 5.74) is 7.75. The maximum atomic E-state index is 11.0. The SMILES string of the molecule is Cc1cc(NC2CCOC2)cc(C(=O)O)c1N. The molecule has 2 rings (SSSR count). The van der Waals surface area contributed by atoms with Crippen LogP contribution in [0.25, 0.3) is 0 Å². The Hall–Kier alpha value is -1.75. The molecular formula is C12H16N2O3. The lowest BCUT2D eigenvalue weighted by Gasteiger charge is -2.15. The highest BCUT2D eigenvalue weighted by atomic mass is 16.5. The number of nitrogen functional groups attached to an aromatic ring is 1. The van der Waals surface area contributed by atoms with Crippen LogP contribution in [0, 0.1) is 6.92 Å². The summed E-state index contributed by atoms with van der Waals surface area (Å²) in [6, 6.07) is 3.68. The van der Waals surface area contributed by atoms with E-state index in [1.165, 1.54) is 0 Å². The Morgan fingerprint density at radius 1 is 1.59 bits per heavy atom. The second-order valence-electron chi connectivity index (χ2n) is 4.26. The number of aryl methyl sites for hydroxylation is 1. The van der Waals surface area contributed by atoms with E-state index in [1.54, 1.807) is 13.0 Å². The monoisotopic (exact) mass is 236 g/mol. The molecule has 1 atom stereocenters. The average Bonchev–Trinajstić information content (AvgIpc) is 2.75. The smallest absolute Gasteiger partial charge is 0.337 e. The third-order valence-corrected chi connectivity index (χ3v) is 2.92. The summed E-state index contributed by atoms with van der Waals surface area (Å²) in [4.78, 5) is 11.0. The lowest BCUT2D eigenvalue weighted by atomic mass is 10.1. The molecule has 5 heteroatoms. The molecule has 1 unspecified atom stereocenters. The molecule has 4 N–H and O–H groups in total. The number of rotatable bonds is 3. The number of hydrogen-bond donors (Lipinski definition) is 3. The van der Waals surface area contributed by atoms with Crippen molar-refractivity contribution in [3.05, 3.63) is 23.3 Å². The van der Waals surface area contributed by atoms with Crippen LogP contribution in [0.1, 0.15) is 22.3 Å². The first-order chi connectivity index (χ1) is 8.08. The predicted molar refractivity (Wildman–Crippen MR) is 65.4 cm³/mol. The Balaban J connectivity index is 2.25. The van der Waals surface area contributed by atoms with Gasteiger partial charge >= 0.3 is 5.97 Å². The van der Waals surface area contributed by atoms with E-state index in [1.807, 2.05) is 6.07 Å². The summed E-state index contributed by atoms with van der Waals surface area (Å²) in [6.45, 7) is 3.21. The summed E-state index contributed by atoms with van der Waals surface area (Å²) in [5, 5.41) is 12.3. The van der Waals surface area contributed by atoms with Crippen molar-refractivity contribution in [2.24, 2.45) is 0 Å². The van der Waals surface area contributed by atoms with Crippen LogP contribution in [-0.4, -0.2) is 30.3 Å². The van der Waals surface area contributed by atoms with Gasteiger partial charge in [0.15, 0.2) is 0 Å². The minimum absolute atomic E-state index is 0.145. The normalized spacial score (nSPS) is 19.2. The van der Waals surface area contributed by atoms with Crippen LogP contribution in [0.5, 0.6) is 0 Å². The summed E-state index contributed by atoms with van der Waals surface area (Å²) < 4.78 is 5.26. The predicted octanol–water partition coefficient (Wildman–Crippen LogP) is 1.48. The zero-order valence-corrected chi connectivity index (χ0v) is 9.69. The van der Waals surface area contributed by atoms with E-state index in [4.69, 9.17) is 15.6 Å². The standard InChI is InChI=1S/C12H16N2O3/c1-7-4-9(14-8-2-3-17-6-8)5-10(11(7)13)12(15)16/h4-5,8,14H,2-3,6,13H2,1H3,(H,15,16). The largest absolute Gasteiger partial charge is 0.478 e. The van der Waals surface area contributed by atoms with Crippen LogP contribution in [0.15, 0.2) is 12.1 Å². The van der Waals surface area contributed by atoms with Crippen LogP contribution in [0.3, 0.4) is 0 Å². The molecule has 1 saturated heterocycles. The van der Waals surface area contributed by atoms with E-state index in [2.05, 4.69) is 5.32 Å². The number of benzene rings is 1. The third-order valence-electron chi connectivity index (χ3n) is 2.92. The second-order valence-corrected chi connectivity index (χ2v) is 4.26. The maximum absolute atomic E-state index is 11.0. The van der Waals surface area contributed by atoms with E-state index >= 15 is 0 Å². The third kappa shape index (κ3) is 2.50. The van der Waals surface area contributed by atoms with E-state index in [0.717, 1.165) is 24.3 Å². The molecule has 0 radical (unpaired) electrons. The van der Waals surface area contributed by atoms with Crippen LogP contribution in [-0.2, 0) is 4.74 Å². The molecule has 1 heterocycles. The van der Waals surface area contributed by atoms with Gasteiger partial charge in [0.1, 0.15) is 0 Å². The van der Waals surface area contributed by atoms with E-state index in [0.29, 0.717) is 12.3 Å². The Labute approximate surface area is 99.6 Å². The molecule has 1 fully saturated rings. The number of aromatic carboxylic acids is 1. The summed E-state index contributed by atoms with van der Waals surface area (Å²) >= 11 is 0. The molecule has 1 aromatic rings. The fourth-order valence-corrected chi connectivity index (χ4v) is 1.94. The Morgan fingerprint density at radius 3 is 2.94 bits per heavy atom. The summed E-state index contributed by atoms with van der Waals surface area (Å²) in [5.74, 6) is -1.00. The first-order valence-corrected chi connectivity index (χ1v) is 5.55. The number of hydrogen-bond acceptors (Lipinski definition) is 4. The van der Waals surface area contributed by atoms with Gasteiger partial charge in [-0.2, -0.15) is 0 Å². The van der Waals surface area contributed by atoms with Crippen LogP contribution >= 0.6 is 0 Å². The molecule has 1 aliphatic heterocycles. The minimum atomic E-state index is -1.00. The Morgan fingerprint density at radius 2 is 2.35 bits per heavy atom. The highest BCUT2D eigenvalue weighted by Gasteiger charge is 2.17. The van der Waals surface area contributed by atoms with Crippen molar-refractivity contribution in [2.75, 3.05) is 24.3 Å². The molecule has 0 saturated carbocycles. The van der Waals surface area contributed by atoms with Gasteiger partial charge in [0.05, 0.1) is 18.2 Å². The average molecular weight is 236 g/mol. The van der Waals surface area contributed by atoms with Gasteiger partial charge in [-0.25, -0.2) is 4.79 Å². The summed E-state index contributed by atoms with van der Waals surface area (Å²) in [7, 11) is 0. The molecule has 1 aromatic carbocycles. The van der Waals surface area contributed by atoms with Gasteiger partial charge < -0.3 is 20.9 Å². The molecule has 5 nitrogen and oxygen atoms in total. The molecule has 17 heavy (non-hydrogen) atoms. The van der Waals surface area contributed by atoms with Gasteiger partial charge in [-0.1, -0.05) is 0 Å². The molecule has 0 aromatic heterocycles. The van der Waals surface area contributed by atoms with E-state index in [9.17, 15) is 4.79 Å². The van der Waals surface area contributed by atoms with Crippen molar-refractivity contribution >= 4 is 17.3 Å². The number of carbonyl (C=O) groups is 1. The molecule has 1 aliphatic rings. The van der Waals surface area contributed by atoms with Crippen molar-refractivity contribution in [3.8, 4) is 0 Å². The molecule has 0 bridgehead atoms. The van der Waals surface area contributed by atoms with Crippen LogP contribution < -0.4 is 11.1 Å². The highest BCUT2D eigenvalue weighted by Crippen LogP contribution is 2.24. The zero-order chi connectivity index (χ0) is 12.4. The Kier molecular flexibility index (Phi) is 3.19. The van der Waals surface area contributed by atoms with Crippen molar-refractivity contribution in [1.29, 1.82) is 0 Å².